The number of hydrogen-bond acceptors (Lipinski definition) is 4. The van der Waals surface area contributed by atoms with E-state index in [1.807, 2.05) is 36.4 Å². The van der Waals surface area contributed by atoms with Crippen molar-refractivity contribution < 1.29 is 4.42 Å². The van der Waals surface area contributed by atoms with Crippen molar-refractivity contribution in [1.82, 2.24) is 24.1 Å². The molecule has 6 nitrogen and oxygen atoms in total. The maximum Gasteiger partial charge on any atom is 0.164 e. The van der Waals surface area contributed by atoms with Gasteiger partial charge in [-0.1, -0.05) is 133 Å². The first-order chi connectivity index (χ1) is 31.2. The fourth-order valence-electron chi connectivity index (χ4n) is 9.51. The summed E-state index contributed by atoms with van der Waals surface area (Å²) < 4.78 is 11.4. The van der Waals surface area contributed by atoms with E-state index in [1.54, 1.807) is 0 Å². The third-order valence-electron chi connectivity index (χ3n) is 12.4. The summed E-state index contributed by atoms with van der Waals surface area (Å²) in [7, 11) is 0. The molecule has 0 saturated carbocycles. The van der Waals surface area contributed by atoms with Crippen LogP contribution in [0.5, 0.6) is 0 Å². The fourth-order valence-corrected chi connectivity index (χ4v) is 9.51. The first-order valence-corrected chi connectivity index (χ1v) is 21.2. The van der Waals surface area contributed by atoms with Crippen LogP contribution >= 0.6 is 0 Å². The summed E-state index contributed by atoms with van der Waals surface area (Å²) in [4.78, 5) is 15.5. The van der Waals surface area contributed by atoms with Gasteiger partial charge in [0.15, 0.2) is 17.5 Å². The van der Waals surface area contributed by atoms with Crippen molar-refractivity contribution in [2.45, 2.75) is 0 Å². The Morgan fingerprint density at radius 2 is 0.794 bits per heavy atom. The van der Waals surface area contributed by atoms with Gasteiger partial charge >= 0.3 is 0 Å². The minimum absolute atomic E-state index is 0.577. The highest BCUT2D eigenvalue weighted by molar-refractivity contribution is 6.15. The van der Waals surface area contributed by atoms with Gasteiger partial charge in [-0.15, -0.1) is 0 Å². The maximum absolute atomic E-state index is 6.70. The van der Waals surface area contributed by atoms with E-state index in [0.29, 0.717) is 17.5 Å². The van der Waals surface area contributed by atoms with E-state index in [1.165, 1.54) is 21.8 Å². The SMILES string of the molecule is c1ccc(-c2nc(-c3ccc4c(c3)oc3cc(-c5ccc6c(c5)c5ccccc5n6-c5ccccc5)ccc34)nc(-c3cccc4c3c3ccccc3n4-c3ccccc3)n2)cc1. The third kappa shape index (κ3) is 5.62. The standard InChI is InChI=1S/C57H35N5O/c1-4-15-36(16-5-1)55-58-56(60-57(59-55)46-23-14-26-51-54(46)45-22-11-13-25-49(45)62(51)41-19-8-3-9-20-41)39-28-31-44-43-30-27-38(34-52(43)63-53(44)35-39)37-29-32-50-47(33-37)42-21-10-12-24-48(42)61(50)40-17-6-2-7-18-40/h1-35H. The molecule has 4 heterocycles. The molecule has 0 fully saturated rings. The highest BCUT2D eigenvalue weighted by Crippen LogP contribution is 2.40. The predicted molar refractivity (Wildman–Crippen MR) is 258 cm³/mol. The molecule has 63 heavy (non-hydrogen) atoms. The van der Waals surface area contributed by atoms with E-state index in [9.17, 15) is 0 Å². The summed E-state index contributed by atoms with van der Waals surface area (Å²) in [6, 6.07) is 74.4. The molecule has 6 heteroatoms. The van der Waals surface area contributed by atoms with Crippen LogP contribution < -0.4 is 0 Å². The Labute approximate surface area is 361 Å². The zero-order chi connectivity index (χ0) is 41.4. The van der Waals surface area contributed by atoms with E-state index in [0.717, 1.165) is 82.9 Å². The lowest BCUT2D eigenvalue weighted by atomic mass is 10.0. The summed E-state index contributed by atoms with van der Waals surface area (Å²) in [5, 5.41) is 6.77. The number of aromatic nitrogens is 5. The van der Waals surface area contributed by atoms with Crippen LogP contribution in [-0.2, 0) is 0 Å². The highest BCUT2D eigenvalue weighted by atomic mass is 16.3. The Morgan fingerprint density at radius 1 is 0.302 bits per heavy atom. The molecular formula is C57H35N5O. The van der Waals surface area contributed by atoms with Gasteiger partial charge in [0.25, 0.3) is 0 Å². The molecule has 0 aliphatic rings. The summed E-state index contributed by atoms with van der Waals surface area (Å²) in [5.74, 6) is 1.80. The van der Waals surface area contributed by atoms with Crippen LogP contribution in [0.4, 0.5) is 0 Å². The molecule has 0 aliphatic heterocycles. The third-order valence-corrected chi connectivity index (χ3v) is 12.4. The van der Waals surface area contributed by atoms with Gasteiger partial charge in [0.05, 0.1) is 22.1 Å². The molecule has 0 unspecified atom stereocenters. The minimum Gasteiger partial charge on any atom is -0.456 e. The Kier molecular flexibility index (Phi) is 7.80. The lowest BCUT2D eigenvalue weighted by Gasteiger charge is -2.10. The molecule has 13 rings (SSSR count). The van der Waals surface area contributed by atoms with Crippen molar-refractivity contribution in [3.8, 4) is 56.7 Å². The van der Waals surface area contributed by atoms with Crippen molar-refractivity contribution in [2.24, 2.45) is 0 Å². The molecule has 4 aromatic heterocycles. The quantitative estimate of drug-likeness (QED) is 0.168. The molecule has 294 valence electrons. The summed E-state index contributed by atoms with van der Waals surface area (Å²) in [5.41, 5.74) is 13.4. The fraction of sp³-hybridized carbons (Fsp3) is 0. The van der Waals surface area contributed by atoms with Crippen molar-refractivity contribution >= 4 is 65.6 Å². The molecule has 0 atom stereocenters. The van der Waals surface area contributed by atoms with Gasteiger partial charge in [-0.25, -0.2) is 15.0 Å². The van der Waals surface area contributed by atoms with E-state index in [4.69, 9.17) is 19.4 Å². The number of benzene rings is 9. The highest BCUT2D eigenvalue weighted by Gasteiger charge is 2.21. The number of para-hydroxylation sites is 4. The number of nitrogens with zero attached hydrogens (tertiary/aromatic N) is 5. The van der Waals surface area contributed by atoms with E-state index in [-0.39, 0.29) is 0 Å². The summed E-state index contributed by atoms with van der Waals surface area (Å²) in [6.45, 7) is 0. The summed E-state index contributed by atoms with van der Waals surface area (Å²) in [6.07, 6.45) is 0. The minimum atomic E-state index is 0.577. The van der Waals surface area contributed by atoms with Gasteiger partial charge in [-0.05, 0) is 90.0 Å². The molecule has 0 aliphatic carbocycles. The van der Waals surface area contributed by atoms with Crippen molar-refractivity contribution in [3.05, 3.63) is 212 Å². The molecule has 0 bridgehead atoms. The van der Waals surface area contributed by atoms with Gasteiger partial charge in [-0.2, -0.15) is 0 Å². The second kappa shape index (κ2) is 14.0. The molecule has 0 spiro atoms. The van der Waals surface area contributed by atoms with Gasteiger partial charge in [-0.3, -0.25) is 0 Å². The Morgan fingerprint density at radius 3 is 1.51 bits per heavy atom. The summed E-state index contributed by atoms with van der Waals surface area (Å²) >= 11 is 0. The van der Waals surface area contributed by atoms with Crippen LogP contribution in [0.2, 0.25) is 0 Å². The topological polar surface area (TPSA) is 61.7 Å². The second-order valence-corrected chi connectivity index (χ2v) is 16.0. The largest absolute Gasteiger partial charge is 0.456 e. The van der Waals surface area contributed by atoms with Gasteiger partial charge in [0.1, 0.15) is 11.2 Å². The Hall–Kier alpha value is -8.61. The normalized spacial score (nSPS) is 11.8. The molecule has 0 saturated heterocycles. The van der Waals surface area contributed by atoms with Gasteiger partial charge in [0.2, 0.25) is 0 Å². The predicted octanol–water partition coefficient (Wildman–Crippen LogP) is 14.6. The molecule has 0 amide bonds. The number of furan rings is 1. The van der Waals surface area contributed by atoms with Crippen LogP contribution in [0.1, 0.15) is 0 Å². The van der Waals surface area contributed by atoms with Gasteiger partial charge < -0.3 is 13.6 Å². The smallest absolute Gasteiger partial charge is 0.164 e. The zero-order valence-electron chi connectivity index (χ0n) is 33.9. The molecule has 0 N–H and O–H groups in total. The van der Waals surface area contributed by atoms with Gasteiger partial charge in [0, 0.05) is 60.4 Å². The lowest BCUT2D eigenvalue weighted by Crippen LogP contribution is -2.00. The Balaban J connectivity index is 0.940. The average molecular weight is 806 g/mol. The molecule has 0 radical (unpaired) electrons. The first-order valence-electron chi connectivity index (χ1n) is 21.2. The van der Waals surface area contributed by atoms with E-state index in [2.05, 4.69) is 185 Å². The number of hydrogen-bond donors (Lipinski definition) is 0. The number of fused-ring (bicyclic) bond motifs is 9. The maximum atomic E-state index is 6.70. The van der Waals surface area contributed by atoms with Crippen LogP contribution in [0.25, 0.3) is 122 Å². The van der Waals surface area contributed by atoms with Crippen molar-refractivity contribution in [3.63, 3.8) is 0 Å². The monoisotopic (exact) mass is 805 g/mol. The average Bonchev–Trinajstić information content (AvgIpc) is 4.01. The molecule has 13 aromatic rings. The molecular weight excluding hydrogens is 771 g/mol. The van der Waals surface area contributed by atoms with Crippen LogP contribution in [0.3, 0.4) is 0 Å². The van der Waals surface area contributed by atoms with Crippen LogP contribution in [-0.4, -0.2) is 24.1 Å². The van der Waals surface area contributed by atoms with E-state index >= 15 is 0 Å². The first kappa shape index (κ1) is 35.2. The zero-order valence-corrected chi connectivity index (χ0v) is 33.9. The Bertz CT molecular complexity index is 3900. The second-order valence-electron chi connectivity index (χ2n) is 16.0. The van der Waals surface area contributed by atoms with Crippen molar-refractivity contribution in [1.29, 1.82) is 0 Å². The van der Waals surface area contributed by atoms with Crippen molar-refractivity contribution in [2.75, 3.05) is 0 Å². The van der Waals surface area contributed by atoms with E-state index < -0.39 is 0 Å². The van der Waals surface area contributed by atoms with Crippen LogP contribution in [0, 0.1) is 0 Å². The lowest BCUT2D eigenvalue weighted by molar-refractivity contribution is 0.669. The number of rotatable bonds is 6. The molecule has 9 aromatic carbocycles. The van der Waals surface area contributed by atoms with Crippen LogP contribution in [0.15, 0.2) is 217 Å².